The van der Waals surface area contributed by atoms with Crippen molar-refractivity contribution in [2.45, 2.75) is 18.5 Å². The van der Waals surface area contributed by atoms with Crippen molar-refractivity contribution in [3.63, 3.8) is 0 Å². The molecule has 6 aromatic rings. The summed E-state index contributed by atoms with van der Waals surface area (Å²) in [6.07, 6.45) is 0.215. The number of carbonyl (C=O) groups excluding carboxylic acids is 1. The van der Waals surface area contributed by atoms with E-state index in [0.29, 0.717) is 5.69 Å². The number of benzene rings is 5. The third kappa shape index (κ3) is 5.79. The van der Waals surface area contributed by atoms with E-state index in [4.69, 9.17) is 0 Å². The number of hydrogen-bond donors (Lipinski definition) is 1. The molecule has 1 amide bonds. The summed E-state index contributed by atoms with van der Waals surface area (Å²) in [5.74, 6) is -0.379. The van der Waals surface area contributed by atoms with E-state index in [0.717, 1.165) is 37.5 Å². The van der Waals surface area contributed by atoms with Crippen molar-refractivity contribution >= 4 is 55.1 Å². The van der Waals surface area contributed by atoms with Crippen molar-refractivity contribution in [2.75, 3.05) is 4.31 Å². The molecule has 1 aromatic heterocycles. The molecule has 0 aliphatic rings. The van der Waals surface area contributed by atoms with Crippen LogP contribution in [0.25, 0.3) is 20.9 Å². The Balaban J connectivity index is 1.44. The Bertz CT molecular complexity index is 1780. The SMILES string of the molecule is O=C(NC(c1ccccc1)c1ccccc1)C(Cc1csc2ccccc12)N(c1ccc2ccccc2c1)S(=O)[O-]. The molecule has 7 heteroatoms. The summed E-state index contributed by atoms with van der Waals surface area (Å²) in [5.41, 5.74) is 3.19. The highest BCUT2D eigenvalue weighted by molar-refractivity contribution is 7.80. The molecule has 1 heterocycles. The average molecular weight is 576 g/mol. The van der Waals surface area contributed by atoms with Crippen LogP contribution < -0.4 is 9.62 Å². The first-order chi connectivity index (χ1) is 20.1. The van der Waals surface area contributed by atoms with Crippen molar-refractivity contribution in [3.8, 4) is 0 Å². The minimum absolute atomic E-state index is 0.215. The predicted molar refractivity (Wildman–Crippen MR) is 168 cm³/mol. The molecule has 0 spiro atoms. The molecule has 0 saturated heterocycles. The first kappa shape index (κ1) is 26.9. The number of amides is 1. The zero-order valence-corrected chi connectivity index (χ0v) is 23.7. The molecule has 1 N–H and O–H groups in total. The summed E-state index contributed by atoms with van der Waals surface area (Å²) in [4.78, 5) is 14.3. The van der Waals surface area contributed by atoms with Crippen LogP contribution in [0.3, 0.4) is 0 Å². The Morgan fingerprint density at radius 3 is 2.07 bits per heavy atom. The summed E-state index contributed by atoms with van der Waals surface area (Å²) in [6, 6.07) is 39.2. The van der Waals surface area contributed by atoms with Gasteiger partial charge in [-0.2, -0.15) is 0 Å². The predicted octanol–water partition coefficient (Wildman–Crippen LogP) is 7.17. The highest BCUT2D eigenvalue weighted by Gasteiger charge is 2.31. The van der Waals surface area contributed by atoms with Crippen molar-refractivity contribution in [1.82, 2.24) is 5.32 Å². The summed E-state index contributed by atoms with van der Waals surface area (Å²) >= 11 is -1.13. The van der Waals surface area contributed by atoms with Crippen LogP contribution in [0, 0.1) is 0 Å². The van der Waals surface area contributed by atoms with E-state index in [2.05, 4.69) is 5.32 Å². The monoisotopic (exact) mass is 575 g/mol. The van der Waals surface area contributed by atoms with Gasteiger partial charge in [-0.3, -0.25) is 13.3 Å². The zero-order chi connectivity index (χ0) is 28.2. The lowest BCUT2D eigenvalue weighted by Crippen LogP contribution is -2.50. The summed E-state index contributed by atoms with van der Waals surface area (Å²) in [5, 5.41) is 8.13. The number of thiophene rings is 1. The van der Waals surface area contributed by atoms with Crippen LogP contribution in [0.5, 0.6) is 0 Å². The van der Waals surface area contributed by atoms with E-state index in [1.165, 1.54) is 4.31 Å². The number of nitrogens with zero attached hydrogens (tertiary/aromatic N) is 1. The van der Waals surface area contributed by atoms with E-state index in [1.807, 2.05) is 127 Å². The van der Waals surface area contributed by atoms with Crippen LogP contribution in [-0.4, -0.2) is 20.7 Å². The van der Waals surface area contributed by atoms with Crippen LogP contribution >= 0.6 is 11.3 Å². The number of rotatable bonds is 9. The third-order valence-electron chi connectivity index (χ3n) is 7.26. The maximum atomic E-state index is 14.3. The van der Waals surface area contributed by atoms with Gasteiger partial charge in [0.05, 0.1) is 6.04 Å². The molecule has 2 unspecified atom stereocenters. The maximum absolute atomic E-state index is 14.3. The van der Waals surface area contributed by atoms with Crippen LogP contribution in [-0.2, 0) is 22.5 Å². The fraction of sp³-hybridized carbons (Fsp3) is 0.0882. The van der Waals surface area contributed by atoms with Gasteiger partial charge in [0.1, 0.15) is 6.04 Å². The first-order valence-electron chi connectivity index (χ1n) is 13.3. The van der Waals surface area contributed by atoms with E-state index in [9.17, 15) is 13.6 Å². The van der Waals surface area contributed by atoms with Crippen molar-refractivity contribution < 1.29 is 13.6 Å². The van der Waals surface area contributed by atoms with Crippen LogP contribution in [0.4, 0.5) is 5.69 Å². The fourth-order valence-corrected chi connectivity index (χ4v) is 6.89. The van der Waals surface area contributed by atoms with Gasteiger partial charge in [0, 0.05) is 28.1 Å². The first-order valence-corrected chi connectivity index (χ1v) is 15.2. The van der Waals surface area contributed by atoms with Crippen LogP contribution in [0.1, 0.15) is 22.7 Å². The molecular formula is C34H27N2O3S2-. The van der Waals surface area contributed by atoms with Gasteiger partial charge in [0.2, 0.25) is 5.91 Å². The molecule has 0 saturated carbocycles. The lowest BCUT2D eigenvalue weighted by molar-refractivity contribution is -0.122. The van der Waals surface area contributed by atoms with Crippen molar-refractivity contribution in [2.24, 2.45) is 0 Å². The number of fused-ring (bicyclic) bond motifs is 2. The van der Waals surface area contributed by atoms with Gasteiger partial charge < -0.3 is 9.87 Å². The van der Waals surface area contributed by atoms with Crippen molar-refractivity contribution in [3.05, 3.63) is 149 Å². The second-order valence-corrected chi connectivity index (χ2v) is 11.6. The molecule has 0 fully saturated rings. The Morgan fingerprint density at radius 2 is 1.39 bits per heavy atom. The second kappa shape index (κ2) is 12.1. The lowest BCUT2D eigenvalue weighted by Gasteiger charge is -2.35. The molecule has 204 valence electrons. The zero-order valence-electron chi connectivity index (χ0n) is 22.1. The Kier molecular flexibility index (Phi) is 7.91. The van der Waals surface area contributed by atoms with Crippen LogP contribution in [0.15, 0.2) is 133 Å². The molecule has 5 nitrogen and oxygen atoms in total. The number of nitrogens with one attached hydrogen (secondary N) is 1. The molecule has 0 bridgehead atoms. The maximum Gasteiger partial charge on any atom is 0.244 e. The molecule has 41 heavy (non-hydrogen) atoms. The third-order valence-corrected chi connectivity index (χ3v) is 9.06. The van der Waals surface area contributed by atoms with Crippen molar-refractivity contribution in [1.29, 1.82) is 0 Å². The quantitative estimate of drug-likeness (QED) is 0.186. The smallest absolute Gasteiger partial charge is 0.244 e. The van der Waals surface area contributed by atoms with Gasteiger partial charge in [0.25, 0.3) is 0 Å². The second-order valence-electron chi connectivity index (χ2n) is 9.81. The standard InChI is InChI=1S/C34H28N2O3S2/c37-34(35-33(25-12-3-1-4-13-25)26-14-5-2-6-15-26)31(22-28-23-40-32-18-10-9-17-30(28)32)36(41(38)39)29-20-19-24-11-7-8-16-27(24)21-29/h1-21,23,31,33H,22H2,(H,35,37)(H,38,39)/p-1. The molecular weight excluding hydrogens is 549 g/mol. The summed E-state index contributed by atoms with van der Waals surface area (Å²) in [6.45, 7) is 0. The van der Waals surface area contributed by atoms with Gasteiger partial charge >= 0.3 is 0 Å². The van der Waals surface area contributed by atoms with E-state index in [-0.39, 0.29) is 12.3 Å². The highest BCUT2D eigenvalue weighted by Crippen LogP contribution is 2.31. The minimum Gasteiger partial charge on any atom is -0.755 e. The van der Waals surface area contributed by atoms with Gasteiger partial charge in [-0.05, 0) is 56.4 Å². The molecule has 0 aliphatic carbocycles. The fourth-order valence-electron chi connectivity index (χ4n) is 5.25. The van der Waals surface area contributed by atoms with Gasteiger partial charge in [0.15, 0.2) is 0 Å². The normalized spacial score (nSPS) is 12.8. The van der Waals surface area contributed by atoms with Crippen LogP contribution in [0.2, 0.25) is 0 Å². The molecule has 2 atom stereocenters. The topological polar surface area (TPSA) is 72.5 Å². The molecule has 0 aliphatic heterocycles. The summed E-state index contributed by atoms with van der Waals surface area (Å²) < 4.78 is 28.2. The molecule has 0 radical (unpaired) electrons. The lowest BCUT2D eigenvalue weighted by atomic mass is 9.97. The van der Waals surface area contributed by atoms with E-state index >= 15 is 0 Å². The average Bonchev–Trinajstić information content (AvgIpc) is 3.43. The highest BCUT2D eigenvalue weighted by atomic mass is 32.2. The van der Waals surface area contributed by atoms with Gasteiger partial charge in [-0.15, -0.1) is 11.3 Å². The van der Waals surface area contributed by atoms with E-state index in [1.54, 1.807) is 17.4 Å². The van der Waals surface area contributed by atoms with E-state index < -0.39 is 23.4 Å². The largest absolute Gasteiger partial charge is 0.755 e. The number of carbonyl (C=O) groups is 1. The van der Waals surface area contributed by atoms with Gasteiger partial charge in [-0.1, -0.05) is 109 Å². The Labute approximate surface area is 245 Å². The summed E-state index contributed by atoms with van der Waals surface area (Å²) in [7, 11) is 0. The Morgan fingerprint density at radius 1 is 0.780 bits per heavy atom. The Hall–Kier alpha value is -4.30. The number of hydrogen-bond acceptors (Lipinski definition) is 4. The molecule has 5 aromatic carbocycles. The molecule has 6 rings (SSSR count). The number of anilines is 1. The minimum atomic E-state index is -2.72. The van der Waals surface area contributed by atoms with Gasteiger partial charge in [-0.25, -0.2) is 0 Å².